The molecule has 21 heavy (non-hydrogen) atoms. The van der Waals surface area contributed by atoms with Crippen LogP contribution in [0.2, 0.25) is 0 Å². The van der Waals surface area contributed by atoms with Crippen LogP contribution in [0.3, 0.4) is 0 Å². The minimum absolute atomic E-state index is 0.0708. The van der Waals surface area contributed by atoms with Crippen molar-refractivity contribution < 1.29 is 5.11 Å². The minimum Gasteiger partial charge on any atom is -0.384 e. The highest BCUT2D eigenvalue weighted by atomic mass is 16.2. The predicted molar refractivity (Wildman–Crippen MR) is 85.8 cm³/mol. The molecule has 2 nitrogen and oxygen atoms in total. The van der Waals surface area contributed by atoms with Gasteiger partial charge < -0.3 is 5.11 Å². The topological polar surface area (TPSA) is 23.5 Å². The largest absolute Gasteiger partial charge is 0.384 e. The lowest BCUT2D eigenvalue weighted by Crippen LogP contribution is -2.34. The van der Waals surface area contributed by atoms with E-state index in [9.17, 15) is 0 Å². The third kappa shape index (κ3) is 3.67. The first-order valence-electron chi connectivity index (χ1n) is 8.29. The average molecular weight is 283 g/mol. The fourth-order valence-corrected chi connectivity index (χ4v) is 3.99. The Bertz CT molecular complexity index is 505. The van der Waals surface area contributed by atoms with Crippen molar-refractivity contribution in [3.63, 3.8) is 0 Å². The van der Waals surface area contributed by atoms with Crippen molar-refractivity contribution >= 4 is 0 Å². The predicted octanol–water partition coefficient (Wildman–Crippen LogP) is 3.19. The highest BCUT2D eigenvalue weighted by Crippen LogP contribution is 2.35. The third-order valence-electron chi connectivity index (χ3n) is 5.01. The molecule has 1 aromatic rings. The van der Waals surface area contributed by atoms with E-state index in [-0.39, 0.29) is 6.61 Å². The molecule has 0 aromatic heterocycles. The van der Waals surface area contributed by atoms with Gasteiger partial charge >= 0.3 is 0 Å². The van der Waals surface area contributed by atoms with Gasteiger partial charge in [-0.1, -0.05) is 36.8 Å². The molecule has 0 radical (unpaired) electrons. The van der Waals surface area contributed by atoms with Gasteiger partial charge in [-0.15, -0.1) is 0 Å². The Morgan fingerprint density at radius 2 is 1.81 bits per heavy atom. The second-order valence-electron chi connectivity index (χ2n) is 6.38. The molecule has 1 aromatic carbocycles. The number of hydrogen-bond donors (Lipinski definition) is 1. The minimum atomic E-state index is -0.0708. The molecular formula is C19H25NO. The molecule has 1 aliphatic heterocycles. The van der Waals surface area contributed by atoms with Gasteiger partial charge in [-0.25, -0.2) is 0 Å². The summed E-state index contributed by atoms with van der Waals surface area (Å²) in [6.45, 7) is 2.26. The second-order valence-corrected chi connectivity index (χ2v) is 6.38. The van der Waals surface area contributed by atoms with E-state index in [2.05, 4.69) is 41.0 Å². The van der Waals surface area contributed by atoms with Gasteiger partial charge in [0.15, 0.2) is 0 Å². The van der Waals surface area contributed by atoms with Crippen LogP contribution in [0.25, 0.3) is 0 Å². The molecule has 1 saturated heterocycles. The third-order valence-corrected chi connectivity index (χ3v) is 5.01. The summed E-state index contributed by atoms with van der Waals surface area (Å²) in [5.41, 5.74) is 2.37. The van der Waals surface area contributed by atoms with Crippen LogP contribution in [-0.2, 0) is 6.54 Å². The van der Waals surface area contributed by atoms with Gasteiger partial charge in [-0.3, -0.25) is 4.90 Å². The van der Waals surface area contributed by atoms with Gasteiger partial charge in [0, 0.05) is 18.2 Å². The monoisotopic (exact) mass is 283 g/mol. The molecule has 2 heteroatoms. The maximum absolute atomic E-state index is 8.72. The van der Waals surface area contributed by atoms with E-state index in [1.807, 2.05) is 0 Å². The standard InChI is InChI=1S/C19H25NO/c21-14-4-5-16-9-11-17(12-10-16)15-20-13-3-8-19(20)18-6-1-2-7-18/h9-12,18-19,21H,1-3,6-8,13-15H2. The maximum Gasteiger partial charge on any atom is 0.104 e. The fraction of sp³-hybridized carbons (Fsp3) is 0.579. The molecule has 1 aliphatic carbocycles. The van der Waals surface area contributed by atoms with E-state index in [1.165, 1.54) is 50.6 Å². The zero-order chi connectivity index (χ0) is 14.5. The van der Waals surface area contributed by atoms with E-state index in [1.54, 1.807) is 0 Å². The molecule has 1 atom stereocenters. The zero-order valence-corrected chi connectivity index (χ0v) is 12.7. The van der Waals surface area contributed by atoms with Crippen LogP contribution in [0.1, 0.15) is 49.7 Å². The van der Waals surface area contributed by atoms with E-state index >= 15 is 0 Å². The molecule has 1 unspecified atom stereocenters. The van der Waals surface area contributed by atoms with Gasteiger partial charge in [-0.2, -0.15) is 0 Å². The van der Waals surface area contributed by atoms with Crippen molar-refractivity contribution in [1.29, 1.82) is 0 Å². The van der Waals surface area contributed by atoms with Crippen molar-refractivity contribution in [2.45, 2.75) is 51.1 Å². The van der Waals surface area contributed by atoms with Gasteiger partial charge in [0.1, 0.15) is 6.61 Å². The van der Waals surface area contributed by atoms with Crippen LogP contribution < -0.4 is 0 Å². The molecule has 1 N–H and O–H groups in total. The van der Waals surface area contributed by atoms with Crippen molar-refractivity contribution in [3.05, 3.63) is 35.4 Å². The Labute approximate surface area is 128 Å². The number of rotatable bonds is 3. The van der Waals surface area contributed by atoms with Crippen LogP contribution in [0.5, 0.6) is 0 Å². The van der Waals surface area contributed by atoms with Gasteiger partial charge in [0.05, 0.1) is 0 Å². The first-order valence-corrected chi connectivity index (χ1v) is 8.29. The first kappa shape index (κ1) is 14.6. The number of nitrogens with zero attached hydrogens (tertiary/aromatic N) is 1. The maximum atomic E-state index is 8.72. The summed E-state index contributed by atoms with van der Waals surface area (Å²) in [5, 5.41) is 8.72. The van der Waals surface area contributed by atoms with E-state index in [0.29, 0.717) is 0 Å². The van der Waals surface area contributed by atoms with Gasteiger partial charge in [-0.05, 0) is 55.8 Å². The Hall–Kier alpha value is -1.30. The first-order chi connectivity index (χ1) is 10.4. The van der Waals surface area contributed by atoms with Crippen molar-refractivity contribution in [1.82, 2.24) is 4.90 Å². The highest BCUT2D eigenvalue weighted by Gasteiger charge is 2.32. The molecule has 0 spiro atoms. The van der Waals surface area contributed by atoms with Crippen LogP contribution in [-0.4, -0.2) is 29.2 Å². The molecular weight excluding hydrogens is 258 g/mol. The molecule has 1 heterocycles. The Morgan fingerprint density at radius 1 is 1.05 bits per heavy atom. The highest BCUT2D eigenvalue weighted by molar-refractivity contribution is 5.36. The Morgan fingerprint density at radius 3 is 2.52 bits per heavy atom. The SMILES string of the molecule is OCC#Cc1ccc(CN2CCCC2C2CCCC2)cc1. The van der Waals surface area contributed by atoms with Crippen molar-refractivity contribution in [2.75, 3.05) is 13.2 Å². The number of likely N-dealkylation sites (tertiary alicyclic amines) is 1. The number of aliphatic hydroxyl groups excluding tert-OH is 1. The molecule has 3 rings (SSSR count). The summed E-state index contributed by atoms with van der Waals surface area (Å²) < 4.78 is 0. The average Bonchev–Trinajstić information content (AvgIpc) is 3.17. The van der Waals surface area contributed by atoms with E-state index in [0.717, 1.165) is 24.1 Å². The van der Waals surface area contributed by atoms with Crippen LogP contribution in [0, 0.1) is 17.8 Å². The molecule has 2 fully saturated rings. The van der Waals surface area contributed by atoms with Crippen molar-refractivity contribution in [3.8, 4) is 11.8 Å². The molecule has 0 bridgehead atoms. The van der Waals surface area contributed by atoms with Gasteiger partial charge in [0.2, 0.25) is 0 Å². The van der Waals surface area contributed by atoms with Crippen molar-refractivity contribution in [2.24, 2.45) is 5.92 Å². The number of aliphatic hydroxyl groups is 1. The summed E-state index contributed by atoms with van der Waals surface area (Å²) in [6.07, 6.45) is 8.51. The Balaban J connectivity index is 1.62. The normalized spacial score (nSPS) is 23.2. The van der Waals surface area contributed by atoms with Crippen LogP contribution >= 0.6 is 0 Å². The summed E-state index contributed by atoms with van der Waals surface area (Å²) in [5.74, 6) is 6.60. The molecule has 1 saturated carbocycles. The summed E-state index contributed by atoms with van der Waals surface area (Å²) in [6, 6.07) is 9.33. The van der Waals surface area contributed by atoms with E-state index in [4.69, 9.17) is 5.11 Å². The smallest absolute Gasteiger partial charge is 0.104 e. The van der Waals surface area contributed by atoms with Gasteiger partial charge in [0.25, 0.3) is 0 Å². The number of hydrogen-bond acceptors (Lipinski definition) is 2. The second kappa shape index (κ2) is 7.11. The zero-order valence-electron chi connectivity index (χ0n) is 12.7. The lowest BCUT2D eigenvalue weighted by Gasteiger charge is -2.29. The van der Waals surface area contributed by atoms with Crippen LogP contribution in [0.4, 0.5) is 0 Å². The summed E-state index contributed by atoms with van der Waals surface area (Å²) >= 11 is 0. The Kier molecular flexibility index (Phi) is 4.95. The summed E-state index contributed by atoms with van der Waals surface area (Å²) in [4.78, 5) is 2.70. The lowest BCUT2D eigenvalue weighted by molar-refractivity contribution is 0.183. The summed E-state index contributed by atoms with van der Waals surface area (Å²) in [7, 11) is 0. The van der Waals surface area contributed by atoms with E-state index < -0.39 is 0 Å². The van der Waals surface area contributed by atoms with Crippen LogP contribution in [0.15, 0.2) is 24.3 Å². The lowest BCUT2D eigenvalue weighted by atomic mass is 9.96. The molecule has 2 aliphatic rings. The molecule has 0 amide bonds. The number of benzene rings is 1. The quantitative estimate of drug-likeness (QED) is 0.861. The molecule has 112 valence electrons. The fourth-order valence-electron chi connectivity index (χ4n) is 3.99.